The Bertz CT molecular complexity index is 1210. The van der Waals surface area contributed by atoms with E-state index in [0.717, 1.165) is 89.9 Å². The van der Waals surface area contributed by atoms with Crippen LogP contribution in [-0.4, -0.2) is 37.2 Å². The smallest absolute Gasteiger partial charge is 0.306 e. The summed E-state index contributed by atoms with van der Waals surface area (Å²) in [4.78, 5) is 38.0. The molecule has 0 fully saturated rings. The number of hydrogen-bond donors (Lipinski definition) is 0. The molecule has 0 bridgehead atoms. The molecule has 6 heteroatoms. The molecule has 64 heavy (non-hydrogen) atoms. The average Bonchev–Trinajstić information content (AvgIpc) is 3.29. The number of unbranched alkanes of at least 4 members (excludes halogenated alkanes) is 25. The Hall–Kier alpha value is -3.15. The van der Waals surface area contributed by atoms with Gasteiger partial charge in [0.15, 0.2) is 6.10 Å². The lowest BCUT2D eigenvalue weighted by atomic mass is 10.0. The molecule has 0 aliphatic heterocycles. The molecule has 0 rings (SSSR count). The van der Waals surface area contributed by atoms with E-state index in [9.17, 15) is 14.4 Å². The van der Waals surface area contributed by atoms with Crippen LogP contribution in [0.4, 0.5) is 0 Å². The number of allylic oxidation sites excluding steroid dienone is 12. The van der Waals surface area contributed by atoms with Crippen LogP contribution in [0.3, 0.4) is 0 Å². The summed E-state index contributed by atoms with van der Waals surface area (Å²) in [5, 5.41) is 0. The van der Waals surface area contributed by atoms with Crippen LogP contribution in [0.25, 0.3) is 0 Å². The SMILES string of the molecule is CC/C=C\C/C=C\C/C=C\CCCCCCC(=O)OCC(COC(=O)CCC/C=C\C/C=C\C/C=C\CCCCCCCC)OC(=O)CCCCCCCCCCCCCCCCC. The van der Waals surface area contributed by atoms with E-state index in [4.69, 9.17) is 14.2 Å². The first kappa shape index (κ1) is 60.9. The normalized spacial score (nSPS) is 12.6. The Morgan fingerprint density at radius 1 is 0.328 bits per heavy atom. The fourth-order valence-electron chi connectivity index (χ4n) is 7.41. The molecular formula is C58H100O6. The predicted octanol–water partition coefficient (Wildman–Crippen LogP) is 17.8. The van der Waals surface area contributed by atoms with Crippen LogP contribution >= 0.6 is 0 Å². The Labute approximate surface area is 395 Å². The highest BCUT2D eigenvalue weighted by molar-refractivity contribution is 5.71. The number of ether oxygens (including phenoxy) is 3. The zero-order valence-electron chi connectivity index (χ0n) is 42.0. The van der Waals surface area contributed by atoms with Gasteiger partial charge in [0.05, 0.1) is 0 Å². The number of carbonyl (C=O) groups excluding carboxylic acids is 3. The van der Waals surface area contributed by atoms with Gasteiger partial charge in [-0.1, -0.05) is 229 Å². The van der Waals surface area contributed by atoms with Gasteiger partial charge in [0, 0.05) is 19.3 Å². The molecule has 0 radical (unpaired) electrons. The van der Waals surface area contributed by atoms with Gasteiger partial charge in [-0.25, -0.2) is 0 Å². The average molecular weight is 893 g/mol. The largest absolute Gasteiger partial charge is 0.462 e. The molecule has 0 aliphatic rings. The molecule has 1 atom stereocenters. The zero-order chi connectivity index (χ0) is 46.5. The summed E-state index contributed by atoms with van der Waals surface area (Å²) in [6.07, 6.45) is 66.1. The molecule has 1 unspecified atom stereocenters. The van der Waals surface area contributed by atoms with E-state index in [0.29, 0.717) is 19.3 Å². The second-order valence-corrected chi connectivity index (χ2v) is 17.8. The summed E-state index contributed by atoms with van der Waals surface area (Å²) in [6, 6.07) is 0. The van der Waals surface area contributed by atoms with Crippen LogP contribution in [0.2, 0.25) is 0 Å². The molecule has 0 aromatic carbocycles. The van der Waals surface area contributed by atoms with Crippen LogP contribution in [-0.2, 0) is 28.6 Å². The van der Waals surface area contributed by atoms with Gasteiger partial charge in [0.25, 0.3) is 0 Å². The maximum Gasteiger partial charge on any atom is 0.306 e. The highest BCUT2D eigenvalue weighted by atomic mass is 16.6. The van der Waals surface area contributed by atoms with Crippen LogP contribution in [0.1, 0.15) is 258 Å². The molecular weight excluding hydrogens is 793 g/mol. The molecule has 0 aliphatic carbocycles. The topological polar surface area (TPSA) is 78.9 Å². The van der Waals surface area contributed by atoms with Crippen molar-refractivity contribution in [3.63, 3.8) is 0 Å². The molecule has 0 aromatic heterocycles. The Morgan fingerprint density at radius 2 is 0.625 bits per heavy atom. The van der Waals surface area contributed by atoms with E-state index in [1.807, 2.05) is 0 Å². The van der Waals surface area contributed by atoms with Gasteiger partial charge >= 0.3 is 17.9 Å². The Kier molecular flexibility index (Phi) is 49.9. The van der Waals surface area contributed by atoms with Crippen molar-refractivity contribution in [2.75, 3.05) is 13.2 Å². The van der Waals surface area contributed by atoms with E-state index >= 15 is 0 Å². The molecule has 6 nitrogen and oxygen atoms in total. The quantitative estimate of drug-likeness (QED) is 0.0262. The zero-order valence-corrected chi connectivity index (χ0v) is 42.0. The van der Waals surface area contributed by atoms with Crippen molar-refractivity contribution in [2.24, 2.45) is 0 Å². The van der Waals surface area contributed by atoms with Crippen LogP contribution in [0.5, 0.6) is 0 Å². The van der Waals surface area contributed by atoms with Gasteiger partial charge in [-0.05, 0) is 83.5 Å². The Balaban J connectivity index is 4.47. The molecule has 0 saturated heterocycles. The summed E-state index contributed by atoms with van der Waals surface area (Å²) in [5.74, 6) is -0.969. The summed E-state index contributed by atoms with van der Waals surface area (Å²) in [7, 11) is 0. The third-order valence-corrected chi connectivity index (χ3v) is 11.4. The lowest BCUT2D eigenvalue weighted by Gasteiger charge is -2.18. The van der Waals surface area contributed by atoms with Crippen molar-refractivity contribution in [2.45, 2.75) is 264 Å². The van der Waals surface area contributed by atoms with E-state index in [1.165, 1.54) is 122 Å². The third-order valence-electron chi connectivity index (χ3n) is 11.4. The second-order valence-electron chi connectivity index (χ2n) is 17.8. The summed E-state index contributed by atoms with van der Waals surface area (Å²) in [5.41, 5.74) is 0. The highest BCUT2D eigenvalue weighted by Gasteiger charge is 2.19. The summed E-state index contributed by atoms with van der Waals surface area (Å²) < 4.78 is 16.8. The lowest BCUT2D eigenvalue weighted by Crippen LogP contribution is -2.30. The molecule has 0 heterocycles. The first-order valence-electron chi connectivity index (χ1n) is 26.9. The van der Waals surface area contributed by atoms with E-state index < -0.39 is 6.10 Å². The van der Waals surface area contributed by atoms with Crippen molar-refractivity contribution in [3.8, 4) is 0 Å². The molecule has 0 amide bonds. The summed E-state index contributed by atoms with van der Waals surface area (Å²) >= 11 is 0. The predicted molar refractivity (Wildman–Crippen MR) is 274 cm³/mol. The van der Waals surface area contributed by atoms with Gasteiger partial charge in [0.1, 0.15) is 13.2 Å². The molecule has 0 aromatic rings. The van der Waals surface area contributed by atoms with Gasteiger partial charge in [-0.2, -0.15) is 0 Å². The van der Waals surface area contributed by atoms with Crippen LogP contribution < -0.4 is 0 Å². The fourth-order valence-corrected chi connectivity index (χ4v) is 7.41. The highest BCUT2D eigenvalue weighted by Crippen LogP contribution is 2.15. The van der Waals surface area contributed by atoms with Gasteiger partial charge in [-0.3, -0.25) is 14.4 Å². The van der Waals surface area contributed by atoms with Crippen molar-refractivity contribution in [1.29, 1.82) is 0 Å². The molecule has 0 saturated carbocycles. The standard InChI is InChI=1S/C58H100O6/c1-4-7-10-13-16-19-22-25-28-29-31-33-36-39-42-45-48-51-57(60)63-54-55(53-62-56(59)50-47-44-41-38-35-32-27-24-21-18-15-12-9-6-3)64-58(61)52-49-46-43-40-37-34-30-26-23-20-17-14-11-8-5-2/h9,12,18,21,25,27-28,31-33,39,42,55H,4-8,10-11,13-17,19-20,22-24,26,29-30,34-38,40-41,43-54H2,1-3H3/b12-9-,21-18-,28-25-,32-27-,33-31-,42-39-. The second kappa shape index (κ2) is 52.5. The first-order valence-corrected chi connectivity index (χ1v) is 26.9. The maximum absolute atomic E-state index is 12.8. The van der Waals surface area contributed by atoms with Gasteiger partial charge in [0.2, 0.25) is 0 Å². The van der Waals surface area contributed by atoms with Crippen molar-refractivity contribution >= 4 is 17.9 Å². The minimum absolute atomic E-state index is 0.101. The maximum atomic E-state index is 12.8. The van der Waals surface area contributed by atoms with Crippen molar-refractivity contribution < 1.29 is 28.6 Å². The van der Waals surface area contributed by atoms with E-state index in [1.54, 1.807) is 0 Å². The van der Waals surface area contributed by atoms with Crippen LogP contribution in [0, 0.1) is 0 Å². The number of carbonyl (C=O) groups is 3. The first-order chi connectivity index (χ1) is 31.5. The van der Waals surface area contributed by atoms with Crippen molar-refractivity contribution in [3.05, 3.63) is 72.9 Å². The van der Waals surface area contributed by atoms with Crippen molar-refractivity contribution in [1.82, 2.24) is 0 Å². The number of rotatable bonds is 48. The van der Waals surface area contributed by atoms with Gasteiger partial charge < -0.3 is 14.2 Å². The van der Waals surface area contributed by atoms with Gasteiger partial charge in [-0.15, -0.1) is 0 Å². The van der Waals surface area contributed by atoms with Crippen LogP contribution in [0.15, 0.2) is 72.9 Å². The number of esters is 3. The molecule has 368 valence electrons. The molecule has 0 spiro atoms. The Morgan fingerprint density at radius 3 is 1.02 bits per heavy atom. The minimum atomic E-state index is -0.803. The summed E-state index contributed by atoms with van der Waals surface area (Å²) in [6.45, 7) is 6.47. The third kappa shape index (κ3) is 49.9. The molecule has 0 N–H and O–H groups in total. The minimum Gasteiger partial charge on any atom is -0.462 e. The number of hydrogen-bond acceptors (Lipinski definition) is 6. The van der Waals surface area contributed by atoms with E-state index in [2.05, 4.69) is 93.7 Å². The lowest BCUT2D eigenvalue weighted by molar-refractivity contribution is -0.167. The monoisotopic (exact) mass is 893 g/mol. The fraction of sp³-hybridized carbons (Fsp3) is 0.741. The van der Waals surface area contributed by atoms with E-state index in [-0.39, 0.29) is 37.5 Å².